The largest absolute Gasteiger partial charge is 0.360 e. The summed E-state index contributed by atoms with van der Waals surface area (Å²) in [5.74, 6) is -1.51. The second-order valence-corrected chi connectivity index (χ2v) is 3.63. The first-order chi connectivity index (χ1) is 6.65. The number of hydrogen-bond acceptors (Lipinski definition) is 4. The highest BCUT2D eigenvalue weighted by molar-refractivity contribution is 5.91. The first-order valence-electron chi connectivity index (χ1n) is 4.64. The van der Waals surface area contributed by atoms with Crippen molar-refractivity contribution in [1.82, 2.24) is 0 Å². The third kappa shape index (κ3) is 1.02. The van der Waals surface area contributed by atoms with E-state index >= 15 is 0 Å². The molecule has 4 heteroatoms. The summed E-state index contributed by atoms with van der Waals surface area (Å²) in [5, 5.41) is 0. The van der Waals surface area contributed by atoms with Crippen LogP contribution in [0.15, 0.2) is 12.2 Å². The average Bonchev–Trinajstić information content (AvgIpc) is 2.65. The molecule has 4 nitrogen and oxygen atoms in total. The number of methoxy groups -OCH3 is 2. The summed E-state index contributed by atoms with van der Waals surface area (Å²) in [5.41, 5.74) is 0. The molecule has 14 heavy (non-hydrogen) atoms. The molecule has 2 aliphatic heterocycles. The molecule has 2 aliphatic rings. The van der Waals surface area contributed by atoms with E-state index in [1.165, 1.54) is 14.2 Å². The third-order valence-electron chi connectivity index (χ3n) is 3.01. The summed E-state index contributed by atoms with van der Waals surface area (Å²) in [6, 6.07) is 0. The second kappa shape index (κ2) is 3.15. The molecule has 3 atom stereocenters. The maximum Gasteiger partial charge on any atom is 0.259 e. The topological polar surface area (TPSA) is 44.8 Å². The minimum Gasteiger partial charge on any atom is -0.360 e. The zero-order valence-corrected chi connectivity index (χ0v) is 8.52. The van der Waals surface area contributed by atoms with Crippen LogP contribution in [0.5, 0.6) is 0 Å². The highest BCUT2D eigenvalue weighted by Gasteiger charge is 2.56. The number of hydrogen-bond donors (Lipinski definition) is 0. The van der Waals surface area contributed by atoms with Gasteiger partial charge in [0.1, 0.15) is 6.10 Å². The van der Waals surface area contributed by atoms with E-state index in [1.807, 2.05) is 19.1 Å². The van der Waals surface area contributed by atoms with Crippen LogP contribution >= 0.6 is 0 Å². The van der Waals surface area contributed by atoms with E-state index in [1.54, 1.807) is 0 Å². The standard InChI is InChI=1S/C10H14O4/c1-6-7-4-5-8(14-7)10(12-2,13-3)9(6)11/h4-8H,1-3H3/t6-,7-,8+/m1/s1. The van der Waals surface area contributed by atoms with Gasteiger partial charge in [-0.1, -0.05) is 19.1 Å². The smallest absolute Gasteiger partial charge is 0.259 e. The molecule has 1 fully saturated rings. The van der Waals surface area contributed by atoms with Gasteiger partial charge in [0, 0.05) is 14.2 Å². The lowest BCUT2D eigenvalue weighted by Crippen LogP contribution is -2.59. The van der Waals surface area contributed by atoms with Gasteiger partial charge in [-0.3, -0.25) is 4.79 Å². The molecule has 0 spiro atoms. The molecule has 0 aromatic heterocycles. The molecule has 0 amide bonds. The molecule has 0 unspecified atom stereocenters. The van der Waals surface area contributed by atoms with Gasteiger partial charge < -0.3 is 14.2 Å². The molecule has 0 aliphatic carbocycles. The zero-order chi connectivity index (χ0) is 10.3. The number of Topliss-reactive ketones (excluding diaryl/α,β-unsaturated/α-hetero) is 1. The lowest BCUT2D eigenvalue weighted by molar-refractivity contribution is -0.265. The summed E-state index contributed by atoms with van der Waals surface area (Å²) < 4.78 is 16.0. The SMILES string of the molecule is COC1(OC)C(=O)[C@H](C)[C@H]2C=C[C@@H]1O2. The van der Waals surface area contributed by atoms with Gasteiger partial charge >= 0.3 is 0 Å². The Labute approximate surface area is 82.8 Å². The number of ether oxygens (including phenoxy) is 3. The minimum atomic E-state index is -1.25. The average molecular weight is 198 g/mol. The van der Waals surface area contributed by atoms with Crippen molar-refractivity contribution in [2.24, 2.45) is 5.92 Å². The maximum absolute atomic E-state index is 12.0. The highest BCUT2D eigenvalue weighted by Crippen LogP contribution is 2.38. The molecule has 1 saturated heterocycles. The monoisotopic (exact) mass is 198 g/mol. The van der Waals surface area contributed by atoms with Crippen LogP contribution in [-0.4, -0.2) is 38.0 Å². The Morgan fingerprint density at radius 3 is 2.57 bits per heavy atom. The van der Waals surface area contributed by atoms with E-state index in [4.69, 9.17) is 14.2 Å². The van der Waals surface area contributed by atoms with Crippen molar-refractivity contribution in [3.05, 3.63) is 12.2 Å². The molecule has 0 saturated carbocycles. The highest BCUT2D eigenvalue weighted by atomic mass is 16.7. The fraction of sp³-hybridized carbons (Fsp3) is 0.700. The van der Waals surface area contributed by atoms with E-state index in [-0.39, 0.29) is 17.8 Å². The first kappa shape index (κ1) is 9.83. The van der Waals surface area contributed by atoms with Crippen LogP contribution in [-0.2, 0) is 19.0 Å². The number of fused-ring (bicyclic) bond motifs is 2. The summed E-state index contributed by atoms with van der Waals surface area (Å²) >= 11 is 0. The molecule has 78 valence electrons. The van der Waals surface area contributed by atoms with E-state index in [0.717, 1.165) is 0 Å². The van der Waals surface area contributed by atoms with Gasteiger partial charge in [-0.05, 0) is 0 Å². The van der Waals surface area contributed by atoms with Crippen LogP contribution in [0.25, 0.3) is 0 Å². The Hall–Kier alpha value is -0.710. The Morgan fingerprint density at radius 1 is 1.36 bits per heavy atom. The molecule has 0 aromatic rings. The van der Waals surface area contributed by atoms with Crippen LogP contribution in [0, 0.1) is 5.92 Å². The summed E-state index contributed by atoms with van der Waals surface area (Å²) in [6.45, 7) is 1.83. The zero-order valence-electron chi connectivity index (χ0n) is 8.52. The van der Waals surface area contributed by atoms with E-state index in [2.05, 4.69) is 0 Å². The van der Waals surface area contributed by atoms with Gasteiger partial charge in [-0.2, -0.15) is 0 Å². The summed E-state index contributed by atoms with van der Waals surface area (Å²) in [7, 11) is 2.92. The van der Waals surface area contributed by atoms with Crippen LogP contribution in [0.1, 0.15) is 6.92 Å². The Bertz CT molecular complexity index is 280. The first-order valence-corrected chi connectivity index (χ1v) is 4.64. The Kier molecular flexibility index (Phi) is 2.21. The van der Waals surface area contributed by atoms with Crippen molar-refractivity contribution >= 4 is 5.78 Å². The van der Waals surface area contributed by atoms with Gasteiger partial charge in [0.2, 0.25) is 5.78 Å². The van der Waals surface area contributed by atoms with Gasteiger partial charge in [-0.25, -0.2) is 0 Å². The Balaban J connectivity index is 2.39. The Morgan fingerprint density at radius 2 is 2.00 bits per heavy atom. The molecule has 2 heterocycles. The quantitative estimate of drug-likeness (QED) is 0.479. The summed E-state index contributed by atoms with van der Waals surface area (Å²) in [6.07, 6.45) is 3.20. The molecule has 0 aromatic carbocycles. The number of ketones is 1. The van der Waals surface area contributed by atoms with Crippen molar-refractivity contribution in [1.29, 1.82) is 0 Å². The van der Waals surface area contributed by atoms with Crippen LogP contribution in [0.3, 0.4) is 0 Å². The number of rotatable bonds is 2. The van der Waals surface area contributed by atoms with Gasteiger partial charge in [0.25, 0.3) is 5.79 Å². The van der Waals surface area contributed by atoms with Crippen LogP contribution < -0.4 is 0 Å². The number of carbonyl (C=O) groups is 1. The van der Waals surface area contributed by atoms with Gasteiger partial charge in [0.15, 0.2) is 0 Å². The van der Waals surface area contributed by atoms with Crippen LogP contribution in [0.4, 0.5) is 0 Å². The molecule has 2 bridgehead atoms. The van der Waals surface area contributed by atoms with Gasteiger partial charge in [-0.15, -0.1) is 0 Å². The molecular formula is C10H14O4. The van der Waals surface area contributed by atoms with Crippen LogP contribution in [0.2, 0.25) is 0 Å². The fourth-order valence-corrected chi connectivity index (χ4v) is 2.09. The second-order valence-electron chi connectivity index (χ2n) is 3.63. The molecular weight excluding hydrogens is 184 g/mol. The molecule has 2 rings (SSSR count). The fourth-order valence-electron chi connectivity index (χ4n) is 2.09. The van der Waals surface area contributed by atoms with Crippen molar-refractivity contribution in [3.63, 3.8) is 0 Å². The predicted molar refractivity (Wildman–Crippen MR) is 48.7 cm³/mol. The van der Waals surface area contributed by atoms with E-state index < -0.39 is 11.9 Å². The predicted octanol–water partition coefficient (Wildman–Crippen LogP) is 0.518. The maximum atomic E-state index is 12.0. The number of carbonyl (C=O) groups excluding carboxylic acids is 1. The lowest BCUT2D eigenvalue weighted by Gasteiger charge is -2.40. The van der Waals surface area contributed by atoms with E-state index in [0.29, 0.717) is 0 Å². The minimum absolute atomic E-state index is 0.0475. The lowest BCUT2D eigenvalue weighted by atomic mass is 9.90. The van der Waals surface area contributed by atoms with E-state index in [9.17, 15) is 4.79 Å². The van der Waals surface area contributed by atoms with Gasteiger partial charge in [0.05, 0.1) is 12.0 Å². The van der Waals surface area contributed by atoms with Crippen molar-refractivity contribution < 1.29 is 19.0 Å². The van der Waals surface area contributed by atoms with Crippen molar-refractivity contribution in [3.8, 4) is 0 Å². The molecule has 0 radical (unpaired) electrons. The van der Waals surface area contributed by atoms with Crippen molar-refractivity contribution in [2.75, 3.05) is 14.2 Å². The third-order valence-corrected chi connectivity index (χ3v) is 3.01. The van der Waals surface area contributed by atoms with Crippen molar-refractivity contribution in [2.45, 2.75) is 24.9 Å². The normalized spacial score (nSPS) is 39.1. The molecule has 0 N–H and O–H groups in total. The summed E-state index contributed by atoms with van der Waals surface area (Å²) in [4.78, 5) is 12.0.